The molecule has 0 saturated carbocycles. The summed E-state index contributed by atoms with van der Waals surface area (Å²) >= 11 is 5.99. The molecule has 7 heteroatoms. The van der Waals surface area contributed by atoms with Crippen molar-refractivity contribution < 1.29 is 17.2 Å². The van der Waals surface area contributed by atoms with Gasteiger partial charge >= 0.3 is 0 Å². The van der Waals surface area contributed by atoms with Crippen LogP contribution in [0.2, 0.25) is 5.02 Å². The Kier molecular flexibility index (Phi) is 4.61. The summed E-state index contributed by atoms with van der Waals surface area (Å²) in [5.74, 6) is -2.43. The van der Waals surface area contributed by atoms with Gasteiger partial charge in [0.15, 0.2) is 9.84 Å². The van der Waals surface area contributed by atoms with E-state index >= 15 is 0 Å². The molecule has 0 aliphatic heterocycles. The molecule has 2 rings (SSSR count). The molecule has 21 heavy (non-hydrogen) atoms. The first-order chi connectivity index (χ1) is 9.83. The Morgan fingerprint density at radius 1 is 1.10 bits per heavy atom. The first kappa shape index (κ1) is 15.9. The largest absolute Gasteiger partial charge is 0.326 e. The number of hydrogen-bond donors (Lipinski definition) is 1. The van der Waals surface area contributed by atoms with Crippen molar-refractivity contribution in [2.24, 2.45) is 5.73 Å². The summed E-state index contributed by atoms with van der Waals surface area (Å²) in [5.41, 5.74) is 6.55. The van der Waals surface area contributed by atoms with Crippen LogP contribution in [0.4, 0.5) is 8.78 Å². The molecule has 0 unspecified atom stereocenters. The van der Waals surface area contributed by atoms with E-state index in [1.807, 2.05) is 0 Å². The highest BCUT2D eigenvalue weighted by Crippen LogP contribution is 2.25. The van der Waals surface area contributed by atoms with Crippen molar-refractivity contribution >= 4 is 21.4 Å². The van der Waals surface area contributed by atoms with Crippen LogP contribution in [0.3, 0.4) is 0 Å². The Labute approximate surface area is 126 Å². The average Bonchev–Trinajstić information content (AvgIpc) is 2.40. The van der Waals surface area contributed by atoms with Crippen LogP contribution >= 0.6 is 11.6 Å². The standard InChI is InChI=1S/C14H12ClF2NO2S/c15-12-5-9(7-18)1-2-10(12)8-21(19,20)14-4-3-11(16)6-13(14)17/h1-6H,7-8,18H2. The summed E-state index contributed by atoms with van der Waals surface area (Å²) in [6, 6.07) is 7.08. The van der Waals surface area contributed by atoms with Crippen molar-refractivity contribution in [3.05, 3.63) is 64.2 Å². The van der Waals surface area contributed by atoms with Gasteiger partial charge in [0.25, 0.3) is 0 Å². The van der Waals surface area contributed by atoms with Crippen molar-refractivity contribution in [3.63, 3.8) is 0 Å². The smallest absolute Gasteiger partial charge is 0.185 e. The third-order valence-electron chi connectivity index (χ3n) is 2.93. The maximum absolute atomic E-state index is 13.6. The maximum atomic E-state index is 13.6. The molecular formula is C14H12ClF2NO2S. The zero-order valence-electron chi connectivity index (χ0n) is 10.8. The van der Waals surface area contributed by atoms with Gasteiger partial charge in [-0.3, -0.25) is 0 Å². The molecule has 0 amide bonds. The third kappa shape index (κ3) is 3.58. The van der Waals surface area contributed by atoms with E-state index in [1.54, 1.807) is 12.1 Å². The second-order valence-electron chi connectivity index (χ2n) is 4.46. The van der Waals surface area contributed by atoms with E-state index in [4.69, 9.17) is 17.3 Å². The number of rotatable bonds is 4. The van der Waals surface area contributed by atoms with Gasteiger partial charge in [-0.2, -0.15) is 0 Å². The summed E-state index contributed by atoms with van der Waals surface area (Å²) in [4.78, 5) is -0.553. The molecule has 0 heterocycles. The molecular weight excluding hydrogens is 320 g/mol. The molecule has 0 radical (unpaired) electrons. The lowest BCUT2D eigenvalue weighted by molar-refractivity contribution is 0.549. The SMILES string of the molecule is NCc1ccc(CS(=O)(=O)c2ccc(F)cc2F)c(Cl)c1. The molecule has 0 saturated heterocycles. The summed E-state index contributed by atoms with van der Waals surface area (Å²) < 4.78 is 50.8. The van der Waals surface area contributed by atoms with E-state index in [2.05, 4.69) is 0 Å². The van der Waals surface area contributed by atoms with Crippen molar-refractivity contribution in [3.8, 4) is 0 Å². The molecule has 0 aliphatic carbocycles. The van der Waals surface area contributed by atoms with Gasteiger partial charge in [0.05, 0.1) is 5.75 Å². The van der Waals surface area contributed by atoms with Gasteiger partial charge < -0.3 is 5.73 Å². The number of sulfone groups is 1. The van der Waals surface area contributed by atoms with Crippen LogP contribution in [0.15, 0.2) is 41.3 Å². The molecule has 2 aromatic rings. The van der Waals surface area contributed by atoms with Crippen LogP contribution in [0, 0.1) is 11.6 Å². The highest BCUT2D eigenvalue weighted by Gasteiger charge is 2.21. The van der Waals surface area contributed by atoms with E-state index in [0.29, 0.717) is 11.6 Å². The number of hydrogen-bond acceptors (Lipinski definition) is 3. The monoisotopic (exact) mass is 331 g/mol. The van der Waals surface area contributed by atoms with Crippen LogP contribution in [0.1, 0.15) is 11.1 Å². The van der Waals surface area contributed by atoms with E-state index in [9.17, 15) is 17.2 Å². The van der Waals surface area contributed by atoms with Crippen LogP contribution in [0.25, 0.3) is 0 Å². The Bertz CT molecular complexity index is 779. The highest BCUT2D eigenvalue weighted by molar-refractivity contribution is 7.90. The molecule has 0 aromatic heterocycles. The first-order valence-corrected chi connectivity index (χ1v) is 8.01. The second kappa shape index (κ2) is 6.09. The Balaban J connectivity index is 2.37. The zero-order valence-corrected chi connectivity index (χ0v) is 12.4. The van der Waals surface area contributed by atoms with Crippen molar-refractivity contribution in [2.45, 2.75) is 17.2 Å². The first-order valence-electron chi connectivity index (χ1n) is 5.98. The number of halogens is 3. The van der Waals surface area contributed by atoms with Crippen LogP contribution in [-0.2, 0) is 22.1 Å². The molecule has 112 valence electrons. The fourth-order valence-corrected chi connectivity index (χ4v) is 3.64. The van der Waals surface area contributed by atoms with Crippen molar-refractivity contribution in [2.75, 3.05) is 0 Å². The normalized spacial score (nSPS) is 11.6. The van der Waals surface area contributed by atoms with Crippen molar-refractivity contribution in [1.29, 1.82) is 0 Å². The van der Waals surface area contributed by atoms with Gasteiger partial charge in [-0.05, 0) is 29.3 Å². The van der Waals surface area contributed by atoms with Gasteiger partial charge in [0.1, 0.15) is 16.5 Å². The highest BCUT2D eigenvalue weighted by atomic mass is 35.5. The maximum Gasteiger partial charge on any atom is 0.185 e. The van der Waals surface area contributed by atoms with Gasteiger partial charge in [-0.25, -0.2) is 17.2 Å². The number of nitrogens with two attached hydrogens (primary N) is 1. The average molecular weight is 332 g/mol. The molecule has 0 aliphatic rings. The van der Waals surface area contributed by atoms with Crippen molar-refractivity contribution in [1.82, 2.24) is 0 Å². The van der Waals surface area contributed by atoms with E-state index in [0.717, 1.165) is 17.7 Å². The van der Waals surface area contributed by atoms with E-state index in [-0.39, 0.29) is 11.6 Å². The van der Waals surface area contributed by atoms with Crippen LogP contribution < -0.4 is 5.73 Å². The summed E-state index contributed by atoms with van der Waals surface area (Å²) in [6.07, 6.45) is 0. The molecule has 3 nitrogen and oxygen atoms in total. The third-order valence-corrected chi connectivity index (χ3v) is 4.97. The fourth-order valence-electron chi connectivity index (χ4n) is 1.84. The molecule has 0 spiro atoms. The molecule has 0 atom stereocenters. The van der Waals surface area contributed by atoms with Gasteiger partial charge in [-0.1, -0.05) is 23.7 Å². The molecule has 0 bridgehead atoms. The Hall–Kier alpha value is -1.50. The predicted molar refractivity (Wildman–Crippen MR) is 76.6 cm³/mol. The Morgan fingerprint density at radius 3 is 2.38 bits per heavy atom. The van der Waals surface area contributed by atoms with Gasteiger partial charge in [0, 0.05) is 17.6 Å². The lowest BCUT2D eigenvalue weighted by Crippen LogP contribution is -2.08. The summed E-state index contributed by atoms with van der Waals surface area (Å²) in [7, 11) is -3.96. The predicted octanol–water partition coefficient (Wildman–Crippen LogP) is 3.05. The molecule has 2 aromatic carbocycles. The van der Waals surface area contributed by atoms with Crippen LogP contribution in [0.5, 0.6) is 0 Å². The topological polar surface area (TPSA) is 60.2 Å². The van der Waals surface area contributed by atoms with E-state index in [1.165, 1.54) is 6.07 Å². The second-order valence-corrected chi connectivity index (χ2v) is 6.83. The van der Waals surface area contributed by atoms with E-state index < -0.39 is 32.1 Å². The summed E-state index contributed by atoms with van der Waals surface area (Å²) in [6.45, 7) is 0.277. The van der Waals surface area contributed by atoms with Crippen LogP contribution in [-0.4, -0.2) is 8.42 Å². The summed E-state index contributed by atoms with van der Waals surface area (Å²) in [5, 5.41) is 0.240. The molecule has 2 N–H and O–H groups in total. The quantitative estimate of drug-likeness (QED) is 0.876. The lowest BCUT2D eigenvalue weighted by Gasteiger charge is -2.08. The minimum Gasteiger partial charge on any atom is -0.326 e. The minimum absolute atomic E-state index is 0.240. The number of benzene rings is 2. The molecule has 0 fully saturated rings. The fraction of sp³-hybridized carbons (Fsp3) is 0.143. The zero-order chi connectivity index (χ0) is 15.6. The van der Waals surface area contributed by atoms with Gasteiger partial charge in [-0.15, -0.1) is 0 Å². The lowest BCUT2D eigenvalue weighted by atomic mass is 10.1. The minimum atomic E-state index is -3.96. The van der Waals surface area contributed by atoms with Gasteiger partial charge in [0.2, 0.25) is 0 Å². The Morgan fingerprint density at radius 2 is 1.81 bits per heavy atom.